The number of rotatable bonds is 4. The molecule has 1 aliphatic carbocycles. The number of hydrogen-bond donors (Lipinski definition) is 2. The summed E-state index contributed by atoms with van der Waals surface area (Å²) >= 11 is 0. The van der Waals surface area contributed by atoms with E-state index in [1.54, 1.807) is 0 Å². The Morgan fingerprint density at radius 3 is 2.95 bits per heavy atom. The lowest BCUT2D eigenvalue weighted by molar-refractivity contribution is 0.136. The number of piperidine rings is 1. The highest BCUT2D eigenvalue weighted by atomic mass is 19.3. The van der Waals surface area contributed by atoms with Crippen molar-refractivity contribution < 1.29 is 17.6 Å². The fourth-order valence-corrected chi connectivity index (χ4v) is 2.59. The molecule has 0 saturated carbocycles. The number of halogens is 4. The summed E-state index contributed by atoms with van der Waals surface area (Å²) in [5.41, 5.74) is 0.392. The number of nitrogens with one attached hydrogen (secondary N) is 2. The molecule has 2 aliphatic rings. The first-order chi connectivity index (χ1) is 9.06. The molecular weight excluding hydrogens is 260 g/mol. The van der Waals surface area contributed by atoms with E-state index in [-0.39, 0.29) is 25.0 Å². The van der Waals surface area contributed by atoms with Crippen LogP contribution in [0.2, 0.25) is 0 Å². The van der Waals surface area contributed by atoms with Gasteiger partial charge in [0.2, 0.25) is 0 Å². The standard InChI is InChI=1S/C13H18F4N2/c14-8-1-2-11(15)10(5-8)12-6-9(3-4-18-12)19-7-13(16)17/h1,5,9,11-13,18-19H,2-4,6-7H2/t9-,11?,12+/m1/s1. The molecule has 1 heterocycles. The minimum atomic E-state index is -2.39. The molecule has 2 nitrogen and oxygen atoms in total. The molecule has 0 amide bonds. The van der Waals surface area contributed by atoms with Crippen molar-refractivity contribution in [2.45, 2.75) is 43.9 Å². The highest BCUT2D eigenvalue weighted by Gasteiger charge is 2.29. The summed E-state index contributed by atoms with van der Waals surface area (Å²) in [4.78, 5) is 0. The van der Waals surface area contributed by atoms with Crippen molar-refractivity contribution >= 4 is 0 Å². The van der Waals surface area contributed by atoms with E-state index in [0.29, 0.717) is 25.0 Å². The van der Waals surface area contributed by atoms with E-state index in [2.05, 4.69) is 10.6 Å². The molecule has 1 unspecified atom stereocenters. The van der Waals surface area contributed by atoms with Crippen LogP contribution in [-0.4, -0.2) is 37.8 Å². The van der Waals surface area contributed by atoms with Crippen molar-refractivity contribution in [1.29, 1.82) is 0 Å². The summed E-state index contributed by atoms with van der Waals surface area (Å²) in [6, 6.07) is -0.360. The zero-order valence-electron chi connectivity index (χ0n) is 10.5. The maximum absolute atomic E-state index is 13.8. The maximum atomic E-state index is 13.8. The Bertz CT molecular complexity index is 368. The van der Waals surface area contributed by atoms with Crippen LogP contribution in [0.15, 0.2) is 23.6 Å². The second kappa shape index (κ2) is 6.52. The van der Waals surface area contributed by atoms with Crippen molar-refractivity contribution in [3.05, 3.63) is 23.6 Å². The molecule has 0 aromatic heterocycles. The van der Waals surface area contributed by atoms with Gasteiger partial charge in [0, 0.05) is 18.5 Å². The SMILES string of the molecule is FC1=CCC(F)C([C@@H]2C[C@H](NCC(F)F)CCN2)=C1. The monoisotopic (exact) mass is 278 g/mol. The summed E-state index contributed by atoms with van der Waals surface area (Å²) in [5.74, 6) is -0.423. The van der Waals surface area contributed by atoms with Gasteiger partial charge in [-0.2, -0.15) is 0 Å². The Kier molecular flexibility index (Phi) is 4.99. The van der Waals surface area contributed by atoms with Crippen LogP contribution in [0, 0.1) is 0 Å². The molecule has 3 atom stereocenters. The first-order valence-corrected chi connectivity index (χ1v) is 6.52. The van der Waals surface area contributed by atoms with Crippen molar-refractivity contribution in [2.24, 2.45) is 0 Å². The summed E-state index contributed by atoms with van der Waals surface area (Å²) in [7, 11) is 0. The average molecular weight is 278 g/mol. The van der Waals surface area contributed by atoms with Gasteiger partial charge in [0.25, 0.3) is 6.43 Å². The molecule has 0 aromatic rings. The molecule has 19 heavy (non-hydrogen) atoms. The van der Waals surface area contributed by atoms with Gasteiger partial charge in [-0.15, -0.1) is 0 Å². The minimum absolute atomic E-state index is 0.0466. The molecule has 6 heteroatoms. The second-order valence-electron chi connectivity index (χ2n) is 4.96. The third-order valence-electron chi connectivity index (χ3n) is 3.55. The normalized spacial score (nSPS) is 32.2. The van der Waals surface area contributed by atoms with E-state index in [1.807, 2.05) is 0 Å². The van der Waals surface area contributed by atoms with Crippen LogP contribution in [-0.2, 0) is 0 Å². The highest BCUT2D eigenvalue weighted by molar-refractivity contribution is 5.30. The Labute approximate surface area is 109 Å². The van der Waals surface area contributed by atoms with E-state index >= 15 is 0 Å². The first kappa shape index (κ1) is 14.5. The van der Waals surface area contributed by atoms with Gasteiger partial charge >= 0.3 is 0 Å². The van der Waals surface area contributed by atoms with Crippen LogP contribution in [0.5, 0.6) is 0 Å². The summed E-state index contributed by atoms with van der Waals surface area (Å²) in [6.07, 6.45) is 0.135. The van der Waals surface area contributed by atoms with Crippen molar-refractivity contribution in [2.75, 3.05) is 13.1 Å². The van der Waals surface area contributed by atoms with Crippen LogP contribution < -0.4 is 10.6 Å². The molecule has 108 valence electrons. The molecule has 0 radical (unpaired) electrons. The number of hydrogen-bond acceptors (Lipinski definition) is 2. The van der Waals surface area contributed by atoms with Gasteiger partial charge in [-0.3, -0.25) is 0 Å². The molecule has 1 fully saturated rings. The van der Waals surface area contributed by atoms with E-state index in [4.69, 9.17) is 0 Å². The van der Waals surface area contributed by atoms with E-state index in [0.717, 1.165) is 0 Å². The van der Waals surface area contributed by atoms with Gasteiger partial charge in [-0.1, -0.05) is 0 Å². The van der Waals surface area contributed by atoms with Gasteiger partial charge < -0.3 is 10.6 Å². The Morgan fingerprint density at radius 2 is 2.21 bits per heavy atom. The smallest absolute Gasteiger partial charge is 0.250 e. The lowest BCUT2D eigenvalue weighted by Crippen LogP contribution is -2.49. The predicted molar refractivity (Wildman–Crippen MR) is 65.6 cm³/mol. The summed E-state index contributed by atoms with van der Waals surface area (Å²) in [6.45, 7) is 0.255. The third kappa shape index (κ3) is 4.04. The maximum Gasteiger partial charge on any atom is 0.250 e. The Balaban J connectivity index is 1.95. The van der Waals surface area contributed by atoms with Crippen molar-refractivity contribution in [3.8, 4) is 0 Å². The first-order valence-electron chi connectivity index (χ1n) is 6.52. The lowest BCUT2D eigenvalue weighted by atomic mass is 9.88. The van der Waals surface area contributed by atoms with Gasteiger partial charge in [0.1, 0.15) is 12.0 Å². The van der Waals surface area contributed by atoms with Crippen LogP contribution in [0.4, 0.5) is 17.6 Å². The highest BCUT2D eigenvalue weighted by Crippen LogP contribution is 2.27. The molecule has 1 saturated heterocycles. The Morgan fingerprint density at radius 1 is 1.42 bits per heavy atom. The van der Waals surface area contributed by atoms with Gasteiger partial charge in [0.15, 0.2) is 0 Å². The molecule has 2 rings (SSSR count). The molecule has 0 aromatic carbocycles. The fourth-order valence-electron chi connectivity index (χ4n) is 2.59. The lowest BCUT2D eigenvalue weighted by Gasteiger charge is -2.34. The average Bonchev–Trinajstić information content (AvgIpc) is 2.39. The predicted octanol–water partition coefficient (Wildman–Crippen LogP) is 2.48. The number of alkyl halides is 3. The molecule has 0 spiro atoms. The topological polar surface area (TPSA) is 24.1 Å². The van der Waals surface area contributed by atoms with Crippen LogP contribution in [0.3, 0.4) is 0 Å². The molecule has 1 aliphatic heterocycles. The van der Waals surface area contributed by atoms with Crippen LogP contribution in [0.25, 0.3) is 0 Å². The van der Waals surface area contributed by atoms with Crippen LogP contribution >= 0.6 is 0 Å². The van der Waals surface area contributed by atoms with Crippen molar-refractivity contribution in [3.63, 3.8) is 0 Å². The molecular formula is C13H18F4N2. The molecule has 2 N–H and O–H groups in total. The third-order valence-corrected chi connectivity index (χ3v) is 3.55. The van der Waals surface area contributed by atoms with Gasteiger partial charge in [-0.25, -0.2) is 17.6 Å². The minimum Gasteiger partial charge on any atom is -0.310 e. The summed E-state index contributed by atoms with van der Waals surface area (Å²) < 4.78 is 51.3. The second-order valence-corrected chi connectivity index (χ2v) is 4.96. The zero-order chi connectivity index (χ0) is 13.8. The molecule has 0 bridgehead atoms. The van der Waals surface area contributed by atoms with Gasteiger partial charge in [-0.05, 0) is 37.1 Å². The van der Waals surface area contributed by atoms with Gasteiger partial charge in [0.05, 0.1) is 6.54 Å². The largest absolute Gasteiger partial charge is 0.310 e. The number of allylic oxidation sites excluding steroid dienone is 3. The zero-order valence-corrected chi connectivity index (χ0v) is 10.5. The quantitative estimate of drug-likeness (QED) is 0.772. The van der Waals surface area contributed by atoms with E-state index in [9.17, 15) is 17.6 Å². The Hall–Kier alpha value is -0.880. The summed E-state index contributed by atoms with van der Waals surface area (Å²) in [5, 5.41) is 5.90. The fraction of sp³-hybridized carbons (Fsp3) is 0.692. The van der Waals surface area contributed by atoms with Crippen LogP contribution in [0.1, 0.15) is 19.3 Å². The van der Waals surface area contributed by atoms with E-state index in [1.165, 1.54) is 12.2 Å². The van der Waals surface area contributed by atoms with Crippen molar-refractivity contribution in [1.82, 2.24) is 10.6 Å². The van der Waals surface area contributed by atoms with E-state index < -0.39 is 18.4 Å².